The Balaban J connectivity index is 4.31. The summed E-state index contributed by atoms with van der Waals surface area (Å²) in [6.45, 7) is 6.46. The number of rotatable bonds is 58. The second-order valence-electron chi connectivity index (χ2n) is 21.3. The Labute approximate surface area is 470 Å². The fourth-order valence-electron chi connectivity index (χ4n) is 9.02. The molecule has 0 heterocycles. The van der Waals surface area contributed by atoms with Crippen LogP contribution in [0.5, 0.6) is 0 Å². The molecule has 0 rings (SSSR count). The summed E-state index contributed by atoms with van der Waals surface area (Å²) in [4.78, 5) is 38.2. The summed E-state index contributed by atoms with van der Waals surface area (Å²) in [6.07, 6.45) is 85.7. The van der Waals surface area contributed by atoms with Crippen LogP contribution in [0, 0.1) is 0 Å². The lowest BCUT2D eigenvalue weighted by atomic mass is 10.0. The molecule has 0 aromatic carbocycles. The van der Waals surface area contributed by atoms with Crippen LogP contribution < -0.4 is 0 Å². The maximum absolute atomic E-state index is 12.9. The van der Waals surface area contributed by atoms with Crippen molar-refractivity contribution in [3.05, 3.63) is 97.2 Å². The molecule has 0 aliphatic rings. The van der Waals surface area contributed by atoms with Crippen LogP contribution in [0.4, 0.5) is 0 Å². The van der Waals surface area contributed by atoms with Crippen molar-refractivity contribution >= 4 is 17.9 Å². The summed E-state index contributed by atoms with van der Waals surface area (Å²) in [6, 6.07) is 0. The first-order valence-corrected chi connectivity index (χ1v) is 32.2. The van der Waals surface area contributed by atoms with Crippen LogP contribution in [0.1, 0.15) is 310 Å². The van der Waals surface area contributed by atoms with Gasteiger partial charge in [0.25, 0.3) is 0 Å². The Morgan fingerprint density at radius 2 is 0.539 bits per heavy atom. The number of ether oxygens (including phenoxy) is 3. The first kappa shape index (κ1) is 72.3. The van der Waals surface area contributed by atoms with Gasteiger partial charge in [0.1, 0.15) is 13.2 Å². The van der Waals surface area contributed by atoms with E-state index in [2.05, 4.69) is 118 Å². The van der Waals surface area contributed by atoms with Crippen LogP contribution in [0.3, 0.4) is 0 Å². The molecule has 6 heteroatoms. The summed E-state index contributed by atoms with van der Waals surface area (Å²) < 4.78 is 16.9. The molecule has 0 aliphatic heterocycles. The second kappa shape index (κ2) is 63.9. The predicted octanol–water partition coefficient (Wildman–Crippen LogP) is 22.0. The van der Waals surface area contributed by atoms with Crippen LogP contribution in [0.2, 0.25) is 0 Å². The van der Waals surface area contributed by atoms with Crippen molar-refractivity contribution in [2.75, 3.05) is 13.2 Å². The third-order valence-corrected chi connectivity index (χ3v) is 13.8. The van der Waals surface area contributed by atoms with E-state index in [-0.39, 0.29) is 31.1 Å². The van der Waals surface area contributed by atoms with Crippen molar-refractivity contribution in [3.8, 4) is 0 Å². The van der Waals surface area contributed by atoms with Gasteiger partial charge >= 0.3 is 17.9 Å². The van der Waals surface area contributed by atoms with E-state index in [0.29, 0.717) is 19.3 Å². The molecule has 0 radical (unpaired) electrons. The summed E-state index contributed by atoms with van der Waals surface area (Å²) in [5.74, 6) is -0.925. The highest BCUT2D eigenvalue weighted by atomic mass is 16.6. The Hall–Kier alpha value is -3.67. The van der Waals surface area contributed by atoms with Crippen LogP contribution in [0.25, 0.3) is 0 Å². The number of carbonyl (C=O) groups is 3. The fraction of sp³-hybridized carbons (Fsp3) is 0.729. The third kappa shape index (κ3) is 61.2. The van der Waals surface area contributed by atoms with Crippen molar-refractivity contribution in [2.45, 2.75) is 316 Å². The summed E-state index contributed by atoms with van der Waals surface area (Å²) in [5.41, 5.74) is 0. The Morgan fingerprint density at radius 3 is 0.882 bits per heavy atom. The molecule has 6 nitrogen and oxygen atoms in total. The van der Waals surface area contributed by atoms with E-state index >= 15 is 0 Å². The minimum absolute atomic E-state index is 0.0910. The Kier molecular flexibility index (Phi) is 60.8. The summed E-state index contributed by atoms with van der Waals surface area (Å²) in [7, 11) is 0. The van der Waals surface area contributed by atoms with E-state index in [1.54, 1.807) is 0 Å². The Morgan fingerprint density at radius 1 is 0.276 bits per heavy atom. The molecule has 0 aliphatic carbocycles. The quantitative estimate of drug-likeness (QED) is 0.0261. The molecule has 0 saturated carbocycles. The highest BCUT2D eigenvalue weighted by molar-refractivity contribution is 5.71. The predicted molar refractivity (Wildman–Crippen MR) is 330 cm³/mol. The first-order valence-electron chi connectivity index (χ1n) is 32.2. The molecule has 0 bridgehead atoms. The van der Waals surface area contributed by atoms with E-state index in [9.17, 15) is 14.4 Å². The molecule has 0 N–H and O–H groups in total. The monoisotopic (exact) mass is 1060 g/mol. The standard InChI is InChI=1S/C70H120O6/c1-4-7-10-13-16-19-22-24-26-28-30-32-34-35-37-38-40-42-44-46-48-51-54-57-60-63-69(72)75-66-67(65-74-68(71)62-59-56-53-50-21-18-15-12-9-6-3)76-70(73)64-61-58-55-52-49-47-45-43-41-39-36-33-31-29-27-25-23-20-17-14-11-8-5-2/h7,10,12,15-16,19,24,26,30,32,35,37,40,42,46,48,67H,4-6,8-9,11,13-14,17-18,20-23,25,27-29,31,33-34,36,38-39,41,43-45,47,49-66H2,1-3H3/b10-7-,15-12-,19-16-,26-24-,32-30-,37-35-,42-40-,48-46-. The van der Waals surface area contributed by atoms with Crippen molar-refractivity contribution in [1.29, 1.82) is 0 Å². The molecule has 0 aromatic rings. The molecule has 0 fully saturated rings. The highest BCUT2D eigenvalue weighted by Gasteiger charge is 2.19. The van der Waals surface area contributed by atoms with Crippen molar-refractivity contribution < 1.29 is 28.6 Å². The van der Waals surface area contributed by atoms with Gasteiger partial charge in [-0.15, -0.1) is 0 Å². The SMILES string of the molecule is CC/C=C\C/C=C\C/C=C\C/C=C\C/C=C\C/C=C\C/C=C\CCCCCC(=O)OCC(COC(=O)CCCCCCC/C=C\CCC)OC(=O)CCCCCCCCCCCCCCCCCCCCCCCCC. The lowest BCUT2D eigenvalue weighted by Crippen LogP contribution is -2.30. The van der Waals surface area contributed by atoms with Gasteiger partial charge < -0.3 is 14.2 Å². The van der Waals surface area contributed by atoms with Gasteiger partial charge in [0.15, 0.2) is 6.10 Å². The van der Waals surface area contributed by atoms with Gasteiger partial charge in [0.05, 0.1) is 0 Å². The van der Waals surface area contributed by atoms with E-state index in [1.165, 1.54) is 141 Å². The topological polar surface area (TPSA) is 78.9 Å². The highest BCUT2D eigenvalue weighted by Crippen LogP contribution is 2.17. The normalized spacial score (nSPS) is 12.7. The average Bonchev–Trinajstić information content (AvgIpc) is 3.42. The first-order chi connectivity index (χ1) is 37.5. The van der Waals surface area contributed by atoms with Crippen molar-refractivity contribution in [2.24, 2.45) is 0 Å². The van der Waals surface area contributed by atoms with Crippen molar-refractivity contribution in [1.82, 2.24) is 0 Å². The zero-order chi connectivity index (χ0) is 55.0. The molecular weight excluding hydrogens is 937 g/mol. The number of allylic oxidation sites excluding steroid dienone is 16. The summed E-state index contributed by atoms with van der Waals surface area (Å²) in [5, 5.41) is 0. The van der Waals surface area contributed by atoms with Crippen molar-refractivity contribution in [3.63, 3.8) is 0 Å². The zero-order valence-corrected chi connectivity index (χ0v) is 50.0. The third-order valence-electron chi connectivity index (χ3n) is 13.8. The maximum atomic E-state index is 12.9. The van der Waals surface area contributed by atoms with Gasteiger partial charge in [0, 0.05) is 19.3 Å². The van der Waals surface area contributed by atoms with Crippen LogP contribution in [-0.4, -0.2) is 37.2 Å². The Bertz CT molecular complexity index is 1490. The molecular formula is C70H120O6. The van der Waals surface area contributed by atoms with Gasteiger partial charge in [-0.1, -0.05) is 291 Å². The molecule has 76 heavy (non-hydrogen) atoms. The van der Waals surface area contributed by atoms with E-state index in [4.69, 9.17) is 14.2 Å². The number of hydrogen-bond acceptors (Lipinski definition) is 6. The molecule has 436 valence electrons. The molecule has 0 amide bonds. The zero-order valence-electron chi connectivity index (χ0n) is 50.0. The van der Waals surface area contributed by atoms with Crippen LogP contribution in [0.15, 0.2) is 97.2 Å². The fourth-order valence-corrected chi connectivity index (χ4v) is 9.02. The molecule has 0 aromatic heterocycles. The average molecular weight is 1060 g/mol. The number of carbonyl (C=O) groups excluding carboxylic acids is 3. The lowest BCUT2D eigenvalue weighted by molar-refractivity contribution is -0.167. The number of unbranched alkanes of at least 4 members (excludes halogenated alkanes) is 31. The number of esters is 3. The van der Waals surface area contributed by atoms with Gasteiger partial charge in [-0.05, 0) is 96.3 Å². The van der Waals surface area contributed by atoms with Gasteiger partial charge in [-0.25, -0.2) is 0 Å². The van der Waals surface area contributed by atoms with Gasteiger partial charge in [-0.2, -0.15) is 0 Å². The van der Waals surface area contributed by atoms with Gasteiger partial charge in [-0.3, -0.25) is 14.4 Å². The van der Waals surface area contributed by atoms with E-state index < -0.39 is 6.10 Å². The summed E-state index contributed by atoms with van der Waals surface area (Å²) >= 11 is 0. The lowest BCUT2D eigenvalue weighted by Gasteiger charge is -2.18. The molecule has 1 atom stereocenters. The van der Waals surface area contributed by atoms with Crippen LogP contribution in [-0.2, 0) is 28.6 Å². The van der Waals surface area contributed by atoms with E-state index in [0.717, 1.165) is 128 Å². The maximum Gasteiger partial charge on any atom is 0.306 e. The largest absolute Gasteiger partial charge is 0.462 e. The molecule has 0 saturated heterocycles. The van der Waals surface area contributed by atoms with E-state index in [1.807, 2.05) is 0 Å². The second-order valence-corrected chi connectivity index (χ2v) is 21.3. The molecule has 1 unspecified atom stereocenters. The minimum Gasteiger partial charge on any atom is -0.462 e. The van der Waals surface area contributed by atoms with Gasteiger partial charge in [0.2, 0.25) is 0 Å². The molecule has 0 spiro atoms. The minimum atomic E-state index is -0.794. The number of hydrogen-bond donors (Lipinski definition) is 0. The smallest absolute Gasteiger partial charge is 0.306 e. The van der Waals surface area contributed by atoms with Crippen LogP contribution >= 0.6 is 0 Å².